The lowest BCUT2D eigenvalue weighted by atomic mass is 10.00. The van der Waals surface area contributed by atoms with Gasteiger partial charge in [-0.1, -0.05) is 30.3 Å². The summed E-state index contributed by atoms with van der Waals surface area (Å²) in [5, 5.41) is 8.86. The quantitative estimate of drug-likeness (QED) is 0.890. The Hall–Kier alpha value is -2.40. The summed E-state index contributed by atoms with van der Waals surface area (Å²) in [6.45, 7) is 2.12. The highest BCUT2D eigenvalue weighted by Gasteiger charge is 2.31. The first-order chi connectivity index (χ1) is 11.1. The Morgan fingerprint density at radius 1 is 1.17 bits per heavy atom. The molecule has 0 bridgehead atoms. The van der Waals surface area contributed by atoms with Crippen LogP contribution in [0.5, 0.6) is 5.75 Å². The van der Waals surface area contributed by atoms with E-state index in [2.05, 4.69) is 4.90 Å². The molecule has 0 saturated carbocycles. The van der Waals surface area contributed by atoms with Crippen LogP contribution in [-0.2, 0) is 17.9 Å². The van der Waals surface area contributed by atoms with Gasteiger partial charge in [-0.05, 0) is 23.8 Å². The summed E-state index contributed by atoms with van der Waals surface area (Å²) in [6.07, 6.45) is 0. The molecule has 0 radical (unpaired) electrons. The largest absolute Gasteiger partial charge is 0.489 e. The highest BCUT2D eigenvalue weighted by molar-refractivity contribution is 5.71. The molecule has 2 aromatic rings. The zero-order chi connectivity index (χ0) is 16.2. The average Bonchev–Trinajstić information content (AvgIpc) is 2.50. The van der Waals surface area contributed by atoms with Gasteiger partial charge in [0.1, 0.15) is 18.2 Å². The minimum atomic E-state index is -0.724. The van der Waals surface area contributed by atoms with Crippen LogP contribution in [-0.4, -0.2) is 29.1 Å². The molecule has 0 spiro atoms. The Morgan fingerprint density at radius 3 is 2.52 bits per heavy atom. The number of hydrogen-bond acceptors (Lipinski definition) is 3. The molecular formula is C18H18FNO3. The molecule has 120 valence electrons. The monoisotopic (exact) mass is 315 g/mol. The van der Waals surface area contributed by atoms with E-state index in [0.717, 1.165) is 12.1 Å². The lowest BCUT2D eigenvalue weighted by Gasteiger charge is -2.36. The van der Waals surface area contributed by atoms with Crippen LogP contribution in [0.2, 0.25) is 0 Å². The molecule has 4 nitrogen and oxygen atoms in total. The minimum Gasteiger partial charge on any atom is -0.489 e. The Balaban J connectivity index is 1.50. The van der Waals surface area contributed by atoms with Crippen molar-refractivity contribution in [2.24, 2.45) is 5.92 Å². The number of carboxylic acid groups (broad SMARTS) is 1. The molecule has 5 heteroatoms. The number of rotatable bonds is 6. The van der Waals surface area contributed by atoms with Crippen molar-refractivity contribution in [2.45, 2.75) is 13.2 Å². The second-order valence-corrected chi connectivity index (χ2v) is 5.75. The van der Waals surface area contributed by atoms with Gasteiger partial charge in [0.2, 0.25) is 0 Å². The highest BCUT2D eigenvalue weighted by atomic mass is 19.1. The minimum absolute atomic E-state index is 0.193. The summed E-state index contributed by atoms with van der Waals surface area (Å²) in [5.74, 6) is -0.546. The van der Waals surface area contributed by atoms with Crippen molar-refractivity contribution >= 4 is 5.97 Å². The maximum absolute atomic E-state index is 13.5. The van der Waals surface area contributed by atoms with E-state index in [0.29, 0.717) is 24.4 Å². The van der Waals surface area contributed by atoms with E-state index in [1.807, 2.05) is 24.3 Å². The van der Waals surface area contributed by atoms with Crippen LogP contribution in [0.4, 0.5) is 4.39 Å². The molecule has 0 aliphatic carbocycles. The van der Waals surface area contributed by atoms with Crippen molar-refractivity contribution in [3.05, 3.63) is 65.5 Å². The molecule has 1 aliphatic rings. The van der Waals surface area contributed by atoms with Crippen LogP contribution in [0.3, 0.4) is 0 Å². The van der Waals surface area contributed by atoms with E-state index in [9.17, 15) is 9.18 Å². The third-order valence-electron chi connectivity index (χ3n) is 3.99. The first kappa shape index (κ1) is 15.5. The summed E-state index contributed by atoms with van der Waals surface area (Å²) in [6, 6.07) is 14.1. The van der Waals surface area contributed by atoms with E-state index < -0.39 is 5.97 Å². The van der Waals surface area contributed by atoms with Gasteiger partial charge in [0.25, 0.3) is 0 Å². The summed E-state index contributed by atoms with van der Waals surface area (Å²) < 4.78 is 19.1. The molecule has 1 N–H and O–H groups in total. The van der Waals surface area contributed by atoms with E-state index in [1.54, 1.807) is 18.2 Å². The first-order valence-corrected chi connectivity index (χ1v) is 7.52. The van der Waals surface area contributed by atoms with Crippen LogP contribution in [0.15, 0.2) is 48.5 Å². The molecule has 3 rings (SSSR count). The van der Waals surface area contributed by atoms with Gasteiger partial charge in [0.15, 0.2) is 0 Å². The molecule has 0 aromatic heterocycles. The predicted octanol–water partition coefficient (Wildman–Crippen LogP) is 2.92. The number of nitrogens with zero attached hydrogens (tertiary/aromatic N) is 1. The SMILES string of the molecule is O=C(O)C1CN(Cc2ccc(OCc3ccccc3F)cc2)C1. The number of benzene rings is 2. The molecular weight excluding hydrogens is 297 g/mol. The second-order valence-electron chi connectivity index (χ2n) is 5.75. The third-order valence-corrected chi connectivity index (χ3v) is 3.99. The number of hydrogen-bond donors (Lipinski definition) is 1. The molecule has 1 fully saturated rings. The van der Waals surface area contributed by atoms with Crippen molar-refractivity contribution in [1.82, 2.24) is 4.90 Å². The zero-order valence-electron chi connectivity index (χ0n) is 12.6. The van der Waals surface area contributed by atoms with Crippen molar-refractivity contribution in [1.29, 1.82) is 0 Å². The molecule has 1 aliphatic heterocycles. The number of halogens is 1. The molecule has 1 saturated heterocycles. The van der Waals surface area contributed by atoms with Crippen LogP contribution < -0.4 is 4.74 Å². The predicted molar refractivity (Wildman–Crippen MR) is 83.6 cm³/mol. The van der Waals surface area contributed by atoms with Gasteiger partial charge in [0, 0.05) is 25.2 Å². The Kier molecular flexibility index (Phi) is 4.57. The van der Waals surface area contributed by atoms with Gasteiger partial charge in [0.05, 0.1) is 5.92 Å². The summed E-state index contributed by atoms with van der Waals surface area (Å²) >= 11 is 0. The number of carbonyl (C=O) groups is 1. The third kappa shape index (κ3) is 3.87. The van der Waals surface area contributed by atoms with Gasteiger partial charge < -0.3 is 9.84 Å². The van der Waals surface area contributed by atoms with E-state index >= 15 is 0 Å². The van der Waals surface area contributed by atoms with Gasteiger partial charge in [-0.25, -0.2) is 4.39 Å². The standard InChI is InChI=1S/C18H18FNO3/c19-17-4-2-1-3-14(17)12-23-16-7-5-13(6-8-16)9-20-10-15(11-20)18(21)22/h1-8,15H,9-12H2,(H,21,22). The average molecular weight is 315 g/mol. The second kappa shape index (κ2) is 6.79. The Labute approximate surface area is 134 Å². The maximum atomic E-state index is 13.5. The summed E-state index contributed by atoms with van der Waals surface area (Å²) in [7, 11) is 0. The van der Waals surface area contributed by atoms with E-state index in [-0.39, 0.29) is 18.3 Å². The summed E-state index contributed by atoms with van der Waals surface area (Å²) in [4.78, 5) is 12.9. The Bertz CT molecular complexity index is 681. The molecule has 0 unspecified atom stereocenters. The van der Waals surface area contributed by atoms with Crippen LogP contribution in [0.25, 0.3) is 0 Å². The fraction of sp³-hybridized carbons (Fsp3) is 0.278. The van der Waals surface area contributed by atoms with Crippen molar-refractivity contribution in [2.75, 3.05) is 13.1 Å². The summed E-state index contributed by atoms with van der Waals surface area (Å²) in [5.41, 5.74) is 1.63. The highest BCUT2D eigenvalue weighted by Crippen LogP contribution is 2.21. The van der Waals surface area contributed by atoms with Crippen molar-refractivity contribution in [3.8, 4) is 5.75 Å². The van der Waals surface area contributed by atoms with Crippen LogP contribution in [0, 0.1) is 11.7 Å². The Morgan fingerprint density at radius 2 is 1.87 bits per heavy atom. The lowest BCUT2D eigenvalue weighted by Crippen LogP contribution is -2.49. The molecule has 23 heavy (non-hydrogen) atoms. The van der Waals surface area contributed by atoms with Gasteiger partial charge >= 0.3 is 5.97 Å². The molecule has 0 amide bonds. The van der Waals surface area contributed by atoms with Crippen LogP contribution >= 0.6 is 0 Å². The van der Waals surface area contributed by atoms with Gasteiger partial charge in [-0.2, -0.15) is 0 Å². The fourth-order valence-electron chi connectivity index (χ4n) is 2.58. The van der Waals surface area contributed by atoms with Crippen molar-refractivity contribution in [3.63, 3.8) is 0 Å². The van der Waals surface area contributed by atoms with Crippen molar-refractivity contribution < 1.29 is 19.0 Å². The number of carboxylic acids is 1. The molecule has 2 aromatic carbocycles. The van der Waals surface area contributed by atoms with E-state index in [1.165, 1.54) is 6.07 Å². The fourth-order valence-corrected chi connectivity index (χ4v) is 2.58. The van der Waals surface area contributed by atoms with E-state index in [4.69, 9.17) is 9.84 Å². The smallest absolute Gasteiger partial charge is 0.309 e. The normalized spacial score (nSPS) is 15.2. The number of likely N-dealkylation sites (tertiary alicyclic amines) is 1. The zero-order valence-corrected chi connectivity index (χ0v) is 12.6. The lowest BCUT2D eigenvalue weighted by molar-refractivity contribution is -0.147. The number of aliphatic carboxylic acids is 1. The number of ether oxygens (including phenoxy) is 1. The topological polar surface area (TPSA) is 49.8 Å². The maximum Gasteiger partial charge on any atom is 0.309 e. The van der Waals surface area contributed by atoms with Gasteiger partial charge in [-0.3, -0.25) is 9.69 Å². The molecule has 1 heterocycles. The first-order valence-electron chi connectivity index (χ1n) is 7.52. The molecule has 0 atom stereocenters. The van der Waals surface area contributed by atoms with Crippen LogP contribution in [0.1, 0.15) is 11.1 Å². The van der Waals surface area contributed by atoms with Gasteiger partial charge in [-0.15, -0.1) is 0 Å².